The minimum Gasteiger partial charge on any atom is -0.504 e. The van der Waals surface area contributed by atoms with Crippen molar-refractivity contribution in [3.8, 4) is 28.7 Å². The second-order valence-electron chi connectivity index (χ2n) is 7.90. The number of phenols is 2. The molecule has 0 bridgehead atoms. The van der Waals surface area contributed by atoms with Crippen molar-refractivity contribution in [2.45, 2.75) is 12.0 Å². The molecule has 2 aromatic carbocycles. The standard InChI is InChI=1S/C22H20ClNO8/c1-29-16-3-9(2-13(25)21(16)27)18-10-4-14-15(32-8-31-14)5-11(10)20(24-17(26)6-23)12-7-30-22(28)19(12)18/h2-5,12,18-20,25,27H,6-8H2,1H3,(H,24,26)/t12?,18-,19+,20?/m1/s1. The molecule has 3 N–H and O–H groups in total. The fourth-order valence-corrected chi connectivity index (χ4v) is 4.99. The van der Waals surface area contributed by atoms with Crippen LogP contribution >= 0.6 is 11.6 Å². The molecule has 3 aliphatic rings. The van der Waals surface area contributed by atoms with Gasteiger partial charge in [0.05, 0.1) is 25.7 Å². The smallest absolute Gasteiger partial charge is 0.310 e. The number of methoxy groups -OCH3 is 1. The Morgan fingerprint density at radius 2 is 1.88 bits per heavy atom. The molecule has 0 spiro atoms. The van der Waals surface area contributed by atoms with Gasteiger partial charge in [-0.1, -0.05) is 0 Å². The van der Waals surface area contributed by atoms with Crippen LogP contribution in [0.3, 0.4) is 0 Å². The van der Waals surface area contributed by atoms with Gasteiger partial charge in [0.2, 0.25) is 18.4 Å². The van der Waals surface area contributed by atoms with Crippen LogP contribution in [0.1, 0.15) is 28.7 Å². The number of alkyl halides is 1. The maximum Gasteiger partial charge on any atom is 0.310 e. The third-order valence-corrected chi connectivity index (χ3v) is 6.52. The average molecular weight is 462 g/mol. The van der Waals surface area contributed by atoms with Crippen LogP contribution in [0.4, 0.5) is 0 Å². The molecule has 168 valence electrons. The summed E-state index contributed by atoms with van der Waals surface area (Å²) in [6.07, 6.45) is 0. The Hall–Kier alpha value is -3.33. The molecule has 4 atom stereocenters. The monoisotopic (exact) mass is 461 g/mol. The number of esters is 1. The van der Waals surface area contributed by atoms with Gasteiger partial charge in [-0.15, -0.1) is 11.6 Å². The number of nitrogens with one attached hydrogen (secondary N) is 1. The van der Waals surface area contributed by atoms with Crippen LogP contribution in [0.5, 0.6) is 28.7 Å². The van der Waals surface area contributed by atoms with Gasteiger partial charge in [0.1, 0.15) is 5.88 Å². The van der Waals surface area contributed by atoms with Crippen LogP contribution < -0.4 is 19.5 Å². The molecule has 2 aliphatic heterocycles. The fraction of sp³-hybridized carbons (Fsp3) is 0.364. The first-order valence-electron chi connectivity index (χ1n) is 9.98. The number of phenolic OH excluding ortho intramolecular Hbond substituents is 2. The van der Waals surface area contributed by atoms with Gasteiger partial charge >= 0.3 is 5.97 Å². The van der Waals surface area contributed by atoms with Crippen LogP contribution in [0.2, 0.25) is 0 Å². The van der Waals surface area contributed by atoms with E-state index in [-0.39, 0.29) is 42.6 Å². The third-order valence-electron chi connectivity index (χ3n) is 6.28. The van der Waals surface area contributed by atoms with E-state index in [1.807, 2.05) is 0 Å². The van der Waals surface area contributed by atoms with Crippen molar-refractivity contribution < 1.29 is 38.7 Å². The van der Waals surface area contributed by atoms with Gasteiger partial charge in [0, 0.05) is 11.8 Å². The predicted octanol–water partition coefficient (Wildman–Crippen LogP) is 2.17. The number of cyclic esters (lactones) is 1. The largest absolute Gasteiger partial charge is 0.504 e. The van der Waals surface area contributed by atoms with E-state index in [9.17, 15) is 19.8 Å². The molecular formula is C22H20ClNO8. The van der Waals surface area contributed by atoms with Crippen molar-refractivity contribution in [3.63, 3.8) is 0 Å². The number of aromatic hydroxyl groups is 2. The SMILES string of the molecule is COc1cc([C@@H]2c3cc4c(cc3C(NC(=O)CCl)C3COC(=O)[C@@H]32)OCO4)cc(O)c1O. The second-order valence-corrected chi connectivity index (χ2v) is 8.17. The zero-order valence-electron chi connectivity index (χ0n) is 17.0. The summed E-state index contributed by atoms with van der Waals surface area (Å²) in [5.41, 5.74) is 2.00. The van der Waals surface area contributed by atoms with E-state index < -0.39 is 29.6 Å². The quantitative estimate of drug-likeness (QED) is 0.359. The summed E-state index contributed by atoms with van der Waals surface area (Å²) in [6, 6.07) is 6.01. The number of halogens is 1. The third kappa shape index (κ3) is 3.07. The Morgan fingerprint density at radius 3 is 2.56 bits per heavy atom. The van der Waals surface area contributed by atoms with Crippen molar-refractivity contribution in [3.05, 3.63) is 41.0 Å². The highest BCUT2D eigenvalue weighted by Gasteiger charge is 2.53. The maximum absolute atomic E-state index is 12.9. The molecule has 2 heterocycles. The Kier molecular flexibility index (Phi) is 4.93. The van der Waals surface area contributed by atoms with Crippen molar-refractivity contribution in [1.29, 1.82) is 0 Å². The van der Waals surface area contributed by atoms with Gasteiger partial charge in [0.15, 0.2) is 23.0 Å². The lowest BCUT2D eigenvalue weighted by Crippen LogP contribution is -2.43. The van der Waals surface area contributed by atoms with E-state index >= 15 is 0 Å². The molecule has 9 nitrogen and oxygen atoms in total. The van der Waals surface area contributed by atoms with Crippen molar-refractivity contribution in [2.24, 2.45) is 11.8 Å². The molecule has 1 saturated heterocycles. The van der Waals surface area contributed by atoms with Crippen molar-refractivity contribution in [1.82, 2.24) is 5.32 Å². The summed E-state index contributed by atoms with van der Waals surface area (Å²) in [5, 5.41) is 23.3. The summed E-state index contributed by atoms with van der Waals surface area (Å²) in [6.45, 7) is 0.173. The zero-order valence-corrected chi connectivity index (χ0v) is 17.7. The highest BCUT2D eigenvalue weighted by molar-refractivity contribution is 6.27. The maximum atomic E-state index is 12.9. The molecule has 0 aromatic heterocycles. The summed E-state index contributed by atoms with van der Waals surface area (Å²) < 4.78 is 21.7. The van der Waals surface area contributed by atoms with Crippen LogP contribution in [0, 0.1) is 11.8 Å². The topological polar surface area (TPSA) is 124 Å². The summed E-state index contributed by atoms with van der Waals surface area (Å²) in [4.78, 5) is 25.1. The number of benzene rings is 2. The Balaban J connectivity index is 1.73. The lowest BCUT2D eigenvalue weighted by Gasteiger charge is -2.39. The summed E-state index contributed by atoms with van der Waals surface area (Å²) in [5.74, 6) is -2.26. The van der Waals surface area contributed by atoms with Gasteiger partial charge in [0.25, 0.3) is 0 Å². The van der Waals surface area contributed by atoms with E-state index in [1.54, 1.807) is 18.2 Å². The van der Waals surface area contributed by atoms with Crippen LogP contribution in [-0.2, 0) is 14.3 Å². The van der Waals surface area contributed by atoms with Gasteiger partial charge in [-0.3, -0.25) is 9.59 Å². The normalized spacial score (nSPS) is 25.0. The molecule has 1 fully saturated rings. The molecule has 1 amide bonds. The number of hydrogen-bond donors (Lipinski definition) is 3. The van der Waals surface area contributed by atoms with Gasteiger partial charge in [-0.2, -0.15) is 0 Å². The van der Waals surface area contributed by atoms with Crippen LogP contribution in [0.25, 0.3) is 0 Å². The highest BCUT2D eigenvalue weighted by atomic mass is 35.5. The van der Waals surface area contributed by atoms with E-state index in [0.29, 0.717) is 22.6 Å². The van der Waals surface area contributed by atoms with Crippen molar-refractivity contribution in [2.75, 3.05) is 26.4 Å². The lowest BCUT2D eigenvalue weighted by molar-refractivity contribution is -0.141. The number of rotatable bonds is 4. The van der Waals surface area contributed by atoms with Gasteiger partial charge < -0.3 is 34.5 Å². The molecule has 1 aliphatic carbocycles. The van der Waals surface area contributed by atoms with E-state index in [0.717, 1.165) is 5.56 Å². The number of amides is 1. The molecular weight excluding hydrogens is 442 g/mol. The first kappa shape index (κ1) is 20.6. The molecule has 5 rings (SSSR count). The molecule has 32 heavy (non-hydrogen) atoms. The van der Waals surface area contributed by atoms with Crippen LogP contribution in [-0.4, -0.2) is 48.5 Å². The number of carbonyl (C=O) groups excluding carboxylic acids is 2. The van der Waals surface area contributed by atoms with E-state index in [1.165, 1.54) is 13.2 Å². The molecule has 2 aromatic rings. The van der Waals surface area contributed by atoms with E-state index in [4.69, 9.17) is 30.5 Å². The average Bonchev–Trinajstić information content (AvgIpc) is 3.40. The Bertz CT molecular complexity index is 1120. The fourth-order valence-electron chi connectivity index (χ4n) is 4.91. The highest BCUT2D eigenvalue weighted by Crippen LogP contribution is 2.55. The minimum absolute atomic E-state index is 0.0598. The van der Waals surface area contributed by atoms with Gasteiger partial charge in [-0.05, 0) is 41.0 Å². The number of ether oxygens (including phenoxy) is 4. The summed E-state index contributed by atoms with van der Waals surface area (Å²) >= 11 is 5.73. The zero-order chi connectivity index (χ0) is 22.6. The van der Waals surface area contributed by atoms with Crippen molar-refractivity contribution >= 4 is 23.5 Å². The molecule has 10 heteroatoms. The summed E-state index contributed by atoms with van der Waals surface area (Å²) in [7, 11) is 1.37. The van der Waals surface area contributed by atoms with Gasteiger partial charge in [-0.25, -0.2) is 0 Å². The van der Waals surface area contributed by atoms with E-state index in [2.05, 4.69) is 5.32 Å². The first-order valence-corrected chi connectivity index (χ1v) is 10.5. The number of fused-ring (bicyclic) bond motifs is 3. The number of carbonyl (C=O) groups is 2. The predicted molar refractivity (Wildman–Crippen MR) is 110 cm³/mol. The second kappa shape index (κ2) is 7.67. The number of hydrogen-bond acceptors (Lipinski definition) is 8. The molecule has 2 unspecified atom stereocenters. The minimum atomic E-state index is -0.655. The lowest BCUT2D eigenvalue weighted by atomic mass is 9.65. The molecule has 0 saturated carbocycles. The first-order chi connectivity index (χ1) is 15.4. The molecule has 0 radical (unpaired) electrons. The Morgan fingerprint density at radius 1 is 1.16 bits per heavy atom. The Labute approximate surface area is 187 Å². The van der Waals surface area contributed by atoms with Crippen LogP contribution in [0.15, 0.2) is 24.3 Å².